The molecule has 0 aliphatic carbocycles. The van der Waals surface area contributed by atoms with Crippen molar-refractivity contribution in [2.45, 2.75) is 31.7 Å². The van der Waals surface area contributed by atoms with Gasteiger partial charge in [0.15, 0.2) is 0 Å². The first-order valence-corrected chi connectivity index (χ1v) is 6.36. The molecule has 1 amide bonds. The number of rotatable bonds is 8. The van der Waals surface area contributed by atoms with E-state index in [2.05, 4.69) is 10.6 Å². The number of aliphatic hydroxyl groups is 1. The van der Waals surface area contributed by atoms with Gasteiger partial charge in [0.05, 0.1) is 12.6 Å². The van der Waals surface area contributed by atoms with Gasteiger partial charge in [0.25, 0.3) is 0 Å². The van der Waals surface area contributed by atoms with E-state index in [1.54, 1.807) is 7.11 Å². The third-order valence-corrected chi connectivity index (χ3v) is 3.15. The maximum atomic E-state index is 11.7. The van der Waals surface area contributed by atoms with Crippen molar-refractivity contribution in [3.05, 3.63) is 0 Å². The highest BCUT2D eigenvalue weighted by Gasteiger charge is 2.17. The van der Waals surface area contributed by atoms with Gasteiger partial charge in [-0.05, 0) is 38.3 Å². The Morgan fingerprint density at radius 3 is 3.06 bits per heavy atom. The average Bonchev–Trinajstić information content (AvgIpc) is 2.80. The summed E-state index contributed by atoms with van der Waals surface area (Å²) >= 11 is 0. The molecular formula is C12H24N2O3. The summed E-state index contributed by atoms with van der Waals surface area (Å²) < 4.78 is 5.00. The SMILES string of the molecule is COCC(CCO)NC(=O)CCC1CCNC1. The molecule has 0 radical (unpaired) electrons. The molecule has 2 unspecified atom stereocenters. The second-order valence-electron chi connectivity index (χ2n) is 4.63. The van der Waals surface area contributed by atoms with Crippen LogP contribution in [0.1, 0.15) is 25.7 Å². The maximum Gasteiger partial charge on any atom is 0.220 e. The quantitative estimate of drug-likeness (QED) is 0.557. The van der Waals surface area contributed by atoms with Crippen molar-refractivity contribution in [1.82, 2.24) is 10.6 Å². The molecule has 5 heteroatoms. The number of ether oxygens (including phenoxy) is 1. The van der Waals surface area contributed by atoms with Crippen molar-refractivity contribution < 1.29 is 14.6 Å². The highest BCUT2D eigenvalue weighted by atomic mass is 16.5. The summed E-state index contributed by atoms with van der Waals surface area (Å²) in [6.45, 7) is 2.63. The zero-order chi connectivity index (χ0) is 12.5. The standard InChI is InChI=1S/C12H24N2O3/c1-17-9-11(5-7-15)14-12(16)3-2-10-4-6-13-8-10/h10-11,13,15H,2-9H2,1H3,(H,14,16). The fourth-order valence-electron chi connectivity index (χ4n) is 2.15. The lowest BCUT2D eigenvalue weighted by Gasteiger charge is -2.17. The predicted octanol–water partition coefficient (Wildman–Crippen LogP) is -0.110. The van der Waals surface area contributed by atoms with E-state index in [1.807, 2.05) is 0 Å². The maximum absolute atomic E-state index is 11.7. The van der Waals surface area contributed by atoms with Crippen molar-refractivity contribution in [3.8, 4) is 0 Å². The van der Waals surface area contributed by atoms with Crippen LogP contribution < -0.4 is 10.6 Å². The number of aliphatic hydroxyl groups excluding tert-OH is 1. The number of carbonyl (C=O) groups is 1. The first-order valence-electron chi connectivity index (χ1n) is 6.36. The molecule has 1 heterocycles. The first kappa shape index (κ1) is 14.4. The fraction of sp³-hybridized carbons (Fsp3) is 0.917. The van der Waals surface area contributed by atoms with Crippen LogP contribution in [-0.4, -0.2) is 50.5 Å². The van der Waals surface area contributed by atoms with Gasteiger partial charge in [-0.2, -0.15) is 0 Å². The Morgan fingerprint density at radius 2 is 2.47 bits per heavy atom. The topological polar surface area (TPSA) is 70.6 Å². The number of carbonyl (C=O) groups excluding carboxylic acids is 1. The number of hydrogen-bond acceptors (Lipinski definition) is 4. The van der Waals surface area contributed by atoms with Gasteiger partial charge in [-0.25, -0.2) is 0 Å². The van der Waals surface area contributed by atoms with Crippen molar-refractivity contribution in [2.75, 3.05) is 33.4 Å². The summed E-state index contributed by atoms with van der Waals surface area (Å²) in [4.78, 5) is 11.7. The molecule has 0 saturated carbocycles. The zero-order valence-electron chi connectivity index (χ0n) is 10.6. The number of methoxy groups -OCH3 is 1. The van der Waals surface area contributed by atoms with E-state index >= 15 is 0 Å². The van der Waals surface area contributed by atoms with Crippen LogP contribution in [0.4, 0.5) is 0 Å². The van der Waals surface area contributed by atoms with Gasteiger partial charge < -0.3 is 20.5 Å². The van der Waals surface area contributed by atoms with Crippen molar-refractivity contribution >= 4 is 5.91 Å². The van der Waals surface area contributed by atoms with E-state index in [0.717, 1.165) is 19.5 Å². The molecular weight excluding hydrogens is 220 g/mol. The monoisotopic (exact) mass is 244 g/mol. The van der Waals surface area contributed by atoms with E-state index in [-0.39, 0.29) is 18.6 Å². The molecule has 1 fully saturated rings. The Balaban J connectivity index is 2.16. The minimum atomic E-state index is -0.0702. The van der Waals surface area contributed by atoms with E-state index < -0.39 is 0 Å². The Bertz CT molecular complexity index is 212. The predicted molar refractivity (Wildman–Crippen MR) is 65.7 cm³/mol. The van der Waals surface area contributed by atoms with Crippen molar-refractivity contribution in [3.63, 3.8) is 0 Å². The molecule has 0 spiro atoms. The molecule has 0 aromatic carbocycles. The molecule has 2 atom stereocenters. The van der Waals surface area contributed by atoms with Crippen LogP contribution in [-0.2, 0) is 9.53 Å². The van der Waals surface area contributed by atoms with Crippen molar-refractivity contribution in [1.29, 1.82) is 0 Å². The van der Waals surface area contributed by atoms with E-state index in [9.17, 15) is 4.79 Å². The molecule has 17 heavy (non-hydrogen) atoms. The van der Waals surface area contributed by atoms with Crippen LogP contribution >= 0.6 is 0 Å². The summed E-state index contributed by atoms with van der Waals surface area (Å²) in [6.07, 6.45) is 3.23. The molecule has 0 aromatic heterocycles. The van der Waals surface area contributed by atoms with E-state index in [4.69, 9.17) is 9.84 Å². The van der Waals surface area contributed by atoms with Crippen molar-refractivity contribution in [2.24, 2.45) is 5.92 Å². The van der Waals surface area contributed by atoms with Gasteiger partial charge in [-0.1, -0.05) is 0 Å². The van der Waals surface area contributed by atoms with Gasteiger partial charge in [-0.15, -0.1) is 0 Å². The van der Waals surface area contributed by atoms with Crippen LogP contribution in [0.5, 0.6) is 0 Å². The number of nitrogens with one attached hydrogen (secondary N) is 2. The summed E-state index contributed by atoms with van der Waals surface area (Å²) in [5, 5.41) is 15.1. The van der Waals surface area contributed by atoms with Gasteiger partial charge in [0.1, 0.15) is 0 Å². The molecule has 1 rings (SSSR count). The average molecular weight is 244 g/mol. The summed E-state index contributed by atoms with van der Waals surface area (Å²) in [5.74, 6) is 0.701. The second kappa shape index (κ2) is 8.44. The van der Waals surface area contributed by atoms with E-state index in [0.29, 0.717) is 25.4 Å². The molecule has 0 bridgehead atoms. The van der Waals surface area contributed by atoms with Gasteiger partial charge in [0.2, 0.25) is 5.91 Å². The third-order valence-electron chi connectivity index (χ3n) is 3.15. The smallest absolute Gasteiger partial charge is 0.220 e. The van der Waals surface area contributed by atoms with Gasteiger partial charge in [-0.3, -0.25) is 4.79 Å². The van der Waals surface area contributed by atoms with Gasteiger partial charge >= 0.3 is 0 Å². The number of hydrogen-bond donors (Lipinski definition) is 3. The van der Waals surface area contributed by atoms with Crippen LogP contribution in [0.25, 0.3) is 0 Å². The molecule has 1 aliphatic heterocycles. The fourth-order valence-corrected chi connectivity index (χ4v) is 2.15. The Labute approximate surface area is 103 Å². The molecule has 5 nitrogen and oxygen atoms in total. The lowest BCUT2D eigenvalue weighted by Crippen LogP contribution is -2.38. The normalized spacial score (nSPS) is 21.4. The van der Waals surface area contributed by atoms with Crippen LogP contribution in [0.3, 0.4) is 0 Å². The summed E-state index contributed by atoms with van der Waals surface area (Å²) in [6, 6.07) is -0.0702. The first-order chi connectivity index (χ1) is 8.26. The van der Waals surface area contributed by atoms with E-state index in [1.165, 1.54) is 6.42 Å². The lowest BCUT2D eigenvalue weighted by molar-refractivity contribution is -0.122. The highest BCUT2D eigenvalue weighted by Crippen LogP contribution is 2.14. The third kappa shape index (κ3) is 6.00. The molecule has 3 N–H and O–H groups in total. The largest absolute Gasteiger partial charge is 0.396 e. The zero-order valence-corrected chi connectivity index (χ0v) is 10.6. The highest BCUT2D eigenvalue weighted by molar-refractivity contribution is 5.76. The second-order valence-corrected chi connectivity index (χ2v) is 4.63. The molecule has 1 aliphatic rings. The van der Waals surface area contributed by atoms with Gasteiger partial charge in [0, 0.05) is 20.1 Å². The Morgan fingerprint density at radius 1 is 1.65 bits per heavy atom. The minimum Gasteiger partial charge on any atom is -0.396 e. The summed E-state index contributed by atoms with van der Waals surface area (Å²) in [7, 11) is 1.60. The summed E-state index contributed by atoms with van der Waals surface area (Å²) in [5.41, 5.74) is 0. The molecule has 100 valence electrons. The minimum absolute atomic E-state index is 0.0624. The van der Waals surface area contributed by atoms with Crippen LogP contribution in [0.15, 0.2) is 0 Å². The number of amides is 1. The van der Waals surface area contributed by atoms with Crippen LogP contribution in [0, 0.1) is 5.92 Å². The Hall–Kier alpha value is -0.650. The molecule has 0 aromatic rings. The molecule has 1 saturated heterocycles. The Kier molecular flexibility index (Phi) is 7.16. The lowest BCUT2D eigenvalue weighted by atomic mass is 10.0. The van der Waals surface area contributed by atoms with Crippen LogP contribution in [0.2, 0.25) is 0 Å².